The number of hydrogen-bond donors (Lipinski definition) is 0. The van der Waals surface area contributed by atoms with Gasteiger partial charge in [-0.3, -0.25) is 0 Å². The normalized spacial score (nSPS) is 29.1. The van der Waals surface area contributed by atoms with Gasteiger partial charge in [-0.25, -0.2) is 4.79 Å². The molecule has 2 aromatic rings. The topological polar surface area (TPSA) is 35.5 Å². The first-order chi connectivity index (χ1) is 10.6. The van der Waals surface area contributed by atoms with Crippen molar-refractivity contribution >= 4 is 16.7 Å². The average Bonchev–Trinajstić information content (AvgIpc) is 2.55. The quantitative estimate of drug-likeness (QED) is 0.801. The van der Waals surface area contributed by atoms with E-state index in [0.29, 0.717) is 5.75 Å². The highest BCUT2D eigenvalue weighted by Gasteiger charge is 2.59. The van der Waals surface area contributed by atoms with Crippen molar-refractivity contribution in [2.45, 2.75) is 32.3 Å². The molecule has 0 bridgehead atoms. The molecule has 4 rings (SSSR count). The number of rotatable bonds is 4. The van der Waals surface area contributed by atoms with Crippen LogP contribution in [0, 0.1) is 11.3 Å². The number of ether oxygens (including phenoxy) is 2. The van der Waals surface area contributed by atoms with E-state index in [0.717, 1.165) is 23.1 Å². The van der Waals surface area contributed by atoms with Crippen molar-refractivity contribution in [1.82, 2.24) is 0 Å². The molecule has 3 nitrogen and oxygen atoms in total. The van der Waals surface area contributed by atoms with Crippen molar-refractivity contribution in [3.63, 3.8) is 0 Å². The SMILES string of the molecule is CC12CCC1CC2OC(=O)COc1ccc2ccccc2c1. The van der Waals surface area contributed by atoms with E-state index in [1.165, 1.54) is 12.8 Å². The van der Waals surface area contributed by atoms with Crippen molar-refractivity contribution in [2.24, 2.45) is 11.3 Å². The van der Waals surface area contributed by atoms with Crippen LogP contribution in [-0.2, 0) is 9.53 Å². The van der Waals surface area contributed by atoms with Gasteiger partial charge in [0.1, 0.15) is 11.9 Å². The Morgan fingerprint density at radius 2 is 2.05 bits per heavy atom. The average molecular weight is 296 g/mol. The predicted molar refractivity (Wildman–Crippen MR) is 84.8 cm³/mol. The minimum absolute atomic E-state index is 0.0183. The fourth-order valence-electron chi connectivity index (χ4n) is 3.76. The molecule has 0 aliphatic heterocycles. The van der Waals surface area contributed by atoms with Crippen LogP contribution in [0.25, 0.3) is 10.8 Å². The largest absolute Gasteiger partial charge is 0.482 e. The van der Waals surface area contributed by atoms with Gasteiger partial charge in [0.05, 0.1) is 0 Å². The molecule has 0 saturated heterocycles. The van der Waals surface area contributed by atoms with Crippen LogP contribution in [0.1, 0.15) is 26.2 Å². The van der Waals surface area contributed by atoms with E-state index >= 15 is 0 Å². The Labute approximate surface area is 130 Å². The van der Waals surface area contributed by atoms with Crippen molar-refractivity contribution in [3.05, 3.63) is 42.5 Å². The van der Waals surface area contributed by atoms with Crippen LogP contribution < -0.4 is 4.74 Å². The lowest BCUT2D eigenvalue weighted by Gasteiger charge is -2.61. The molecule has 0 heterocycles. The zero-order valence-electron chi connectivity index (χ0n) is 12.7. The third kappa shape index (κ3) is 2.16. The summed E-state index contributed by atoms with van der Waals surface area (Å²) in [5.41, 5.74) is 0.249. The highest BCUT2D eigenvalue weighted by molar-refractivity contribution is 5.83. The molecule has 0 N–H and O–H groups in total. The minimum Gasteiger partial charge on any atom is -0.482 e. The van der Waals surface area contributed by atoms with E-state index in [4.69, 9.17) is 9.47 Å². The molecular formula is C19H20O3. The van der Waals surface area contributed by atoms with Crippen molar-refractivity contribution < 1.29 is 14.3 Å². The minimum atomic E-state index is -0.260. The van der Waals surface area contributed by atoms with Crippen molar-refractivity contribution in [1.29, 1.82) is 0 Å². The molecule has 0 radical (unpaired) electrons. The van der Waals surface area contributed by atoms with Crippen molar-refractivity contribution in [3.8, 4) is 5.75 Å². The maximum Gasteiger partial charge on any atom is 0.344 e. The van der Waals surface area contributed by atoms with Crippen LogP contribution in [0.3, 0.4) is 0 Å². The number of fused-ring (bicyclic) bond motifs is 2. The Hall–Kier alpha value is -2.03. The van der Waals surface area contributed by atoms with Gasteiger partial charge in [-0.05, 0) is 48.1 Å². The second-order valence-electron chi connectivity index (χ2n) is 6.75. The highest BCUT2D eigenvalue weighted by Crippen LogP contribution is 2.61. The third-order valence-corrected chi connectivity index (χ3v) is 5.55. The number of benzene rings is 2. The first kappa shape index (κ1) is 13.6. The second-order valence-corrected chi connectivity index (χ2v) is 6.75. The van der Waals surface area contributed by atoms with Gasteiger partial charge >= 0.3 is 5.97 Å². The van der Waals surface area contributed by atoms with Crippen molar-refractivity contribution in [2.75, 3.05) is 6.61 Å². The lowest BCUT2D eigenvalue weighted by molar-refractivity contribution is -0.209. The summed E-state index contributed by atoms with van der Waals surface area (Å²) in [4.78, 5) is 12.0. The van der Waals surface area contributed by atoms with Gasteiger partial charge in [0.2, 0.25) is 0 Å². The summed E-state index contributed by atoms with van der Waals surface area (Å²) in [5, 5.41) is 2.27. The number of carbonyl (C=O) groups is 1. The van der Waals surface area contributed by atoms with Crippen LogP contribution in [-0.4, -0.2) is 18.7 Å². The monoisotopic (exact) mass is 296 g/mol. The van der Waals surface area contributed by atoms with Crippen LogP contribution >= 0.6 is 0 Å². The molecule has 0 aromatic heterocycles. The molecular weight excluding hydrogens is 276 g/mol. The van der Waals surface area contributed by atoms with E-state index in [1.54, 1.807) is 0 Å². The van der Waals surface area contributed by atoms with Crippen LogP contribution in [0.4, 0.5) is 0 Å². The summed E-state index contributed by atoms with van der Waals surface area (Å²) < 4.78 is 11.2. The molecule has 3 unspecified atom stereocenters. The number of carbonyl (C=O) groups excluding carboxylic acids is 1. The van der Waals surface area contributed by atoms with Gasteiger partial charge in [0.15, 0.2) is 6.61 Å². The van der Waals surface area contributed by atoms with Gasteiger partial charge in [-0.2, -0.15) is 0 Å². The molecule has 22 heavy (non-hydrogen) atoms. The molecule has 2 fully saturated rings. The highest BCUT2D eigenvalue weighted by atomic mass is 16.6. The first-order valence-corrected chi connectivity index (χ1v) is 7.96. The van der Waals surface area contributed by atoms with E-state index in [1.807, 2.05) is 36.4 Å². The fraction of sp³-hybridized carbons (Fsp3) is 0.421. The molecule has 114 valence electrons. The Bertz CT molecular complexity index is 723. The van der Waals surface area contributed by atoms with Gasteiger partial charge in [-0.1, -0.05) is 37.3 Å². The summed E-state index contributed by atoms with van der Waals surface area (Å²) in [7, 11) is 0. The van der Waals surface area contributed by atoms with E-state index < -0.39 is 0 Å². The molecule has 0 spiro atoms. The standard InChI is InChI=1S/C19H20O3/c1-19-9-8-15(19)11-17(19)22-18(20)12-21-16-7-6-13-4-2-3-5-14(13)10-16/h2-7,10,15,17H,8-9,11-12H2,1H3. The maximum absolute atomic E-state index is 12.0. The smallest absolute Gasteiger partial charge is 0.344 e. The van der Waals surface area contributed by atoms with Crippen LogP contribution in [0.15, 0.2) is 42.5 Å². The van der Waals surface area contributed by atoms with Gasteiger partial charge in [-0.15, -0.1) is 0 Å². The zero-order valence-corrected chi connectivity index (χ0v) is 12.7. The molecule has 2 aliphatic carbocycles. The third-order valence-electron chi connectivity index (χ3n) is 5.55. The molecule has 3 heteroatoms. The summed E-state index contributed by atoms with van der Waals surface area (Å²) in [6.07, 6.45) is 3.59. The molecule has 3 atom stereocenters. The van der Waals surface area contributed by atoms with E-state index in [-0.39, 0.29) is 24.1 Å². The Balaban J connectivity index is 1.34. The van der Waals surface area contributed by atoms with Gasteiger partial charge < -0.3 is 9.47 Å². The zero-order chi connectivity index (χ0) is 15.2. The number of hydrogen-bond acceptors (Lipinski definition) is 3. The number of esters is 1. The summed E-state index contributed by atoms with van der Waals surface area (Å²) in [6.45, 7) is 2.21. The predicted octanol–water partition coefficient (Wildman–Crippen LogP) is 3.95. The Morgan fingerprint density at radius 3 is 2.73 bits per heavy atom. The molecule has 0 amide bonds. The fourth-order valence-corrected chi connectivity index (χ4v) is 3.76. The second kappa shape index (κ2) is 5.01. The van der Waals surface area contributed by atoms with E-state index in [2.05, 4.69) is 13.0 Å². The summed E-state index contributed by atoms with van der Waals surface area (Å²) in [6, 6.07) is 13.9. The molecule has 2 aliphatic rings. The van der Waals surface area contributed by atoms with Crippen LogP contribution in [0.5, 0.6) is 5.75 Å². The van der Waals surface area contributed by atoms with E-state index in [9.17, 15) is 4.79 Å². The first-order valence-electron chi connectivity index (χ1n) is 7.96. The molecule has 2 saturated carbocycles. The maximum atomic E-state index is 12.0. The lowest BCUT2D eigenvalue weighted by Crippen LogP contribution is -2.59. The lowest BCUT2D eigenvalue weighted by atomic mass is 9.47. The Morgan fingerprint density at radius 1 is 1.23 bits per heavy atom. The van der Waals surface area contributed by atoms with Gasteiger partial charge in [0, 0.05) is 5.41 Å². The van der Waals surface area contributed by atoms with Gasteiger partial charge in [0.25, 0.3) is 0 Å². The van der Waals surface area contributed by atoms with Crippen LogP contribution in [0.2, 0.25) is 0 Å². The summed E-state index contributed by atoms with van der Waals surface area (Å²) in [5.74, 6) is 1.22. The molecule has 2 aromatic carbocycles. The summed E-state index contributed by atoms with van der Waals surface area (Å²) >= 11 is 0. The Kier molecular flexibility index (Phi) is 3.10.